The normalized spacial score (nSPS) is 16.1. The lowest BCUT2D eigenvalue weighted by atomic mass is 10.2. The van der Waals surface area contributed by atoms with Crippen molar-refractivity contribution in [2.75, 3.05) is 0 Å². The van der Waals surface area contributed by atoms with E-state index >= 15 is 0 Å². The molecule has 1 N–H and O–H groups in total. The first-order valence-electron chi connectivity index (χ1n) is 5.10. The van der Waals surface area contributed by atoms with E-state index in [2.05, 4.69) is 21.9 Å². The quantitative estimate of drug-likeness (QED) is 0.724. The van der Waals surface area contributed by atoms with E-state index in [-0.39, 0.29) is 5.56 Å². The maximum atomic E-state index is 11.9. The second-order valence-electron chi connectivity index (χ2n) is 3.66. The zero-order chi connectivity index (χ0) is 11.0. The van der Waals surface area contributed by atoms with Gasteiger partial charge in [-0.15, -0.1) is 0 Å². The smallest absolute Gasteiger partial charge is 0.256 e. The third-order valence-electron chi connectivity index (χ3n) is 2.62. The predicted octanol–water partition coefficient (Wildman–Crippen LogP) is 2.93. The van der Waals surface area contributed by atoms with Crippen LogP contribution in [0, 0.1) is 0 Å². The molecule has 2 nitrogen and oxygen atoms in total. The average molecular weight is 229 g/mol. The second-order valence-corrected chi connectivity index (χ2v) is 5.55. The minimum Gasteiger partial charge on any atom is -0.317 e. The van der Waals surface area contributed by atoms with Gasteiger partial charge in [-0.1, -0.05) is 30.4 Å². The summed E-state index contributed by atoms with van der Waals surface area (Å²) < 4.78 is 0. The van der Waals surface area contributed by atoms with Crippen LogP contribution in [0.25, 0.3) is 10.8 Å². The number of rotatable bonds is 1. The van der Waals surface area contributed by atoms with Crippen molar-refractivity contribution in [3.05, 3.63) is 63.7 Å². The molecule has 0 saturated heterocycles. The molecule has 80 valence electrons. The molecule has 2 heterocycles. The van der Waals surface area contributed by atoms with E-state index in [1.54, 1.807) is 0 Å². The number of H-pyrrole nitrogens is 1. The van der Waals surface area contributed by atoms with Crippen LogP contribution in [-0.2, 0) is 0 Å². The van der Waals surface area contributed by atoms with Crippen LogP contribution < -0.4 is 5.56 Å². The Kier molecular flexibility index (Phi) is 2.18. The van der Waals surface area contributed by atoms with Gasteiger partial charge in [0.2, 0.25) is 0 Å². The summed E-state index contributed by atoms with van der Waals surface area (Å²) in [6.07, 6.45) is 4.05. The number of hydrogen-bond acceptors (Lipinski definition) is 1. The molecule has 1 aromatic carbocycles. The molecule has 0 unspecified atom stereocenters. The number of allylic oxidation sites excluding steroid dienone is 2. The maximum absolute atomic E-state index is 11.9. The van der Waals surface area contributed by atoms with Gasteiger partial charge in [0.25, 0.3) is 5.56 Å². The molecule has 0 radical (unpaired) electrons. The predicted molar refractivity (Wildman–Crippen MR) is 70.1 cm³/mol. The number of aromatic nitrogens is 1. The summed E-state index contributed by atoms with van der Waals surface area (Å²) in [5.41, 5.74) is 0.00398. The first kappa shape index (κ1) is 9.48. The lowest BCUT2D eigenvalue weighted by Gasteiger charge is -2.10. The van der Waals surface area contributed by atoms with Crippen LogP contribution in [0.3, 0.4) is 0 Å². The third-order valence-corrected chi connectivity index (χ3v) is 4.41. The Hall–Kier alpha value is -1.74. The maximum Gasteiger partial charge on any atom is 0.256 e. The molecule has 1 aromatic heterocycles. The highest BCUT2D eigenvalue weighted by atomic mass is 32.2. The van der Waals surface area contributed by atoms with Crippen LogP contribution in [0.15, 0.2) is 63.1 Å². The fraction of sp³-hybridized carbons (Fsp3) is 0. The van der Waals surface area contributed by atoms with Gasteiger partial charge in [0.05, 0.1) is 5.03 Å². The Morgan fingerprint density at radius 2 is 1.81 bits per heavy atom. The molecular formula is C13H11NOS. The molecule has 0 atom stereocenters. The summed E-state index contributed by atoms with van der Waals surface area (Å²) in [7, 11) is -0.446. The van der Waals surface area contributed by atoms with E-state index in [1.165, 1.54) is 0 Å². The van der Waals surface area contributed by atoms with Gasteiger partial charge in [-0.05, 0) is 28.3 Å². The Balaban J connectivity index is 2.25. The van der Waals surface area contributed by atoms with Crippen molar-refractivity contribution in [1.82, 2.24) is 4.98 Å². The number of nitrogens with one attached hydrogen (secondary N) is 1. The molecule has 0 spiro atoms. The number of aromatic amines is 1. The summed E-state index contributed by atoms with van der Waals surface area (Å²) in [6.45, 7) is 0. The highest BCUT2D eigenvalue weighted by Crippen LogP contribution is 2.40. The van der Waals surface area contributed by atoms with Gasteiger partial charge in [0.15, 0.2) is 0 Å². The monoisotopic (exact) mass is 229 g/mol. The van der Waals surface area contributed by atoms with Crippen molar-refractivity contribution >= 4 is 21.7 Å². The zero-order valence-electron chi connectivity index (χ0n) is 8.55. The SMILES string of the molecule is O=c1[nH]c([SH]2C=CC=C2)cc2ccccc12. The summed E-state index contributed by atoms with van der Waals surface area (Å²) in [4.78, 5) is 14.8. The lowest BCUT2D eigenvalue weighted by molar-refractivity contribution is 1.11. The average Bonchev–Trinajstić information content (AvgIpc) is 2.82. The molecular weight excluding hydrogens is 218 g/mol. The number of fused-ring (bicyclic) bond motifs is 1. The van der Waals surface area contributed by atoms with Crippen molar-refractivity contribution in [3.8, 4) is 0 Å². The fourth-order valence-electron chi connectivity index (χ4n) is 1.83. The molecule has 3 heteroatoms. The lowest BCUT2D eigenvalue weighted by Crippen LogP contribution is -2.07. The fourth-order valence-corrected chi connectivity index (χ4v) is 3.34. The Morgan fingerprint density at radius 3 is 2.62 bits per heavy atom. The molecule has 3 rings (SSSR count). The van der Waals surface area contributed by atoms with Crippen LogP contribution in [0.2, 0.25) is 0 Å². The van der Waals surface area contributed by atoms with E-state index in [1.807, 2.05) is 36.4 Å². The van der Waals surface area contributed by atoms with Gasteiger partial charge >= 0.3 is 0 Å². The van der Waals surface area contributed by atoms with E-state index in [0.29, 0.717) is 0 Å². The van der Waals surface area contributed by atoms with Gasteiger partial charge in [-0.25, -0.2) is 0 Å². The topological polar surface area (TPSA) is 32.9 Å². The Morgan fingerprint density at radius 1 is 1.06 bits per heavy atom. The van der Waals surface area contributed by atoms with E-state index in [9.17, 15) is 4.79 Å². The highest BCUT2D eigenvalue weighted by Gasteiger charge is 2.06. The van der Waals surface area contributed by atoms with Crippen LogP contribution >= 0.6 is 10.9 Å². The van der Waals surface area contributed by atoms with Crippen LogP contribution in [0.5, 0.6) is 0 Å². The van der Waals surface area contributed by atoms with Crippen molar-refractivity contribution in [2.24, 2.45) is 0 Å². The van der Waals surface area contributed by atoms with Crippen LogP contribution in [0.1, 0.15) is 0 Å². The standard InChI is InChI=1S/C13H11NOS/c15-13-11-6-2-1-5-10(11)9-12(14-13)16-7-3-4-8-16/h1-9,16H,(H,14,15). The third kappa shape index (κ3) is 1.49. The van der Waals surface area contributed by atoms with Gasteiger partial charge < -0.3 is 4.98 Å². The minimum absolute atomic E-state index is 0.00398. The minimum atomic E-state index is -0.446. The van der Waals surface area contributed by atoms with Crippen LogP contribution in [0.4, 0.5) is 0 Å². The Bertz CT molecular complexity index is 642. The number of hydrogen-bond donors (Lipinski definition) is 2. The van der Waals surface area contributed by atoms with Crippen LogP contribution in [-0.4, -0.2) is 4.98 Å². The first-order valence-corrected chi connectivity index (χ1v) is 6.58. The second kappa shape index (κ2) is 3.68. The zero-order valence-corrected chi connectivity index (χ0v) is 9.45. The van der Waals surface area contributed by atoms with Gasteiger partial charge in [0.1, 0.15) is 0 Å². The molecule has 1 aliphatic heterocycles. The molecule has 0 bridgehead atoms. The highest BCUT2D eigenvalue weighted by molar-refractivity contribution is 8.22. The van der Waals surface area contributed by atoms with E-state index in [4.69, 9.17) is 0 Å². The summed E-state index contributed by atoms with van der Waals surface area (Å²) in [5.74, 6) is 0. The first-order chi connectivity index (χ1) is 7.84. The largest absolute Gasteiger partial charge is 0.317 e. The summed E-state index contributed by atoms with van der Waals surface area (Å²) in [6, 6.07) is 9.75. The molecule has 0 fully saturated rings. The molecule has 2 aromatic rings. The van der Waals surface area contributed by atoms with E-state index in [0.717, 1.165) is 15.8 Å². The van der Waals surface area contributed by atoms with Gasteiger partial charge in [0, 0.05) is 5.39 Å². The molecule has 0 saturated carbocycles. The summed E-state index contributed by atoms with van der Waals surface area (Å²) in [5, 5.41) is 7.06. The number of pyridine rings is 1. The Labute approximate surface area is 95.7 Å². The molecule has 0 amide bonds. The molecule has 0 aliphatic carbocycles. The van der Waals surface area contributed by atoms with Crippen molar-refractivity contribution in [1.29, 1.82) is 0 Å². The summed E-state index contributed by atoms with van der Waals surface area (Å²) >= 11 is 0. The van der Waals surface area contributed by atoms with Gasteiger partial charge in [-0.2, -0.15) is 10.9 Å². The van der Waals surface area contributed by atoms with Crippen molar-refractivity contribution in [3.63, 3.8) is 0 Å². The van der Waals surface area contributed by atoms with Gasteiger partial charge in [-0.3, -0.25) is 4.79 Å². The molecule has 16 heavy (non-hydrogen) atoms. The van der Waals surface area contributed by atoms with E-state index < -0.39 is 10.9 Å². The van der Waals surface area contributed by atoms with Crippen molar-refractivity contribution < 1.29 is 0 Å². The van der Waals surface area contributed by atoms with Crippen molar-refractivity contribution in [2.45, 2.75) is 5.03 Å². The molecule has 1 aliphatic rings. The number of thiol groups is 1. The number of benzene rings is 1.